The van der Waals surface area contributed by atoms with E-state index in [-0.39, 0.29) is 15.9 Å². The number of ether oxygens (including phenoxy) is 1. The van der Waals surface area contributed by atoms with Gasteiger partial charge in [-0.3, -0.25) is 9.78 Å². The minimum atomic E-state index is -1.02. The van der Waals surface area contributed by atoms with Crippen LogP contribution in [-0.4, -0.2) is 21.0 Å². The monoisotopic (exact) mass is 276 g/mol. The number of benzene rings is 1. The lowest BCUT2D eigenvalue weighted by Gasteiger charge is -2.19. The van der Waals surface area contributed by atoms with Gasteiger partial charge in [0.2, 0.25) is 5.88 Å². The summed E-state index contributed by atoms with van der Waals surface area (Å²) in [7, 11) is 0. The Hall–Kier alpha value is -2.41. The lowest BCUT2D eigenvalue weighted by Crippen LogP contribution is -2.19. The van der Waals surface area contributed by atoms with Crippen molar-refractivity contribution in [2.75, 3.05) is 0 Å². The van der Waals surface area contributed by atoms with Gasteiger partial charge in [0.1, 0.15) is 5.75 Å². The zero-order chi connectivity index (χ0) is 13.6. The van der Waals surface area contributed by atoms with Gasteiger partial charge in [-0.2, -0.15) is 0 Å². The highest BCUT2D eigenvalue weighted by Crippen LogP contribution is 2.33. The summed E-state index contributed by atoms with van der Waals surface area (Å²) in [4.78, 5) is 27.9. The minimum Gasteiger partial charge on any atom is -0.478 e. The molecule has 1 aromatic heterocycles. The number of hydrogen-bond donors (Lipinski definition) is 3. The quantitative estimate of drug-likeness (QED) is 0.589. The maximum atomic E-state index is 11.8. The van der Waals surface area contributed by atoms with Gasteiger partial charge >= 0.3 is 5.97 Å². The topological polar surface area (TPSA) is 95.2 Å². The number of rotatable bonds is 1. The maximum Gasteiger partial charge on any atom is 0.335 e. The zero-order valence-electron chi connectivity index (χ0n) is 9.52. The van der Waals surface area contributed by atoms with Crippen LogP contribution in [0.4, 0.5) is 0 Å². The predicted molar refractivity (Wildman–Crippen MR) is 68.5 cm³/mol. The Labute approximate surface area is 111 Å². The summed E-state index contributed by atoms with van der Waals surface area (Å²) in [5.74, 6) is -0.187. The third kappa shape index (κ3) is 1.93. The second-order valence-electron chi connectivity index (χ2n) is 4.12. The van der Waals surface area contributed by atoms with E-state index in [0.717, 1.165) is 0 Å². The van der Waals surface area contributed by atoms with Gasteiger partial charge in [-0.15, -0.1) is 0 Å². The molecule has 6 nitrogen and oxygen atoms in total. The minimum absolute atomic E-state index is 0.158. The number of aromatic carboxylic acids is 1. The zero-order valence-corrected chi connectivity index (χ0v) is 10.3. The number of H-pyrrole nitrogens is 2. The molecule has 0 aliphatic carbocycles. The van der Waals surface area contributed by atoms with Crippen molar-refractivity contribution in [2.24, 2.45) is 0 Å². The van der Waals surface area contributed by atoms with Crippen molar-refractivity contribution < 1.29 is 14.6 Å². The van der Waals surface area contributed by atoms with Crippen LogP contribution in [0.15, 0.2) is 23.0 Å². The molecule has 0 fully saturated rings. The van der Waals surface area contributed by atoms with Crippen molar-refractivity contribution in [3.8, 4) is 11.6 Å². The Morgan fingerprint density at radius 1 is 1.37 bits per heavy atom. The molecule has 1 aliphatic rings. The standard InChI is InChI=1S/C12H8N2O4S/c15-9-7-4-6-3-5(11(16)17)1-2-8(6)18-10(7)14-12(19)13-9/h1-3H,4H2,(H,16,17)(H2,13,14,15,19). The van der Waals surface area contributed by atoms with Gasteiger partial charge in [0.25, 0.3) is 5.56 Å². The molecule has 3 rings (SSSR count). The fraction of sp³-hybridized carbons (Fsp3) is 0.0833. The molecule has 19 heavy (non-hydrogen) atoms. The van der Waals surface area contributed by atoms with E-state index in [1.165, 1.54) is 12.1 Å². The molecule has 0 amide bonds. The van der Waals surface area contributed by atoms with Gasteiger partial charge in [-0.1, -0.05) is 0 Å². The normalized spacial score (nSPS) is 12.2. The van der Waals surface area contributed by atoms with Crippen molar-refractivity contribution in [3.05, 3.63) is 50.0 Å². The molecule has 0 radical (unpaired) electrons. The Kier molecular flexibility index (Phi) is 2.49. The van der Waals surface area contributed by atoms with Crippen LogP contribution in [0.25, 0.3) is 0 Å². The molecule has 0 bridgehead atoms. The van der Waals surface area contributed by atoms with Crippen molar-refractivity contribution in [1.29, 1.82) is 0 Å². The van der Waals surface area contributed by atoms with Gasteiger partial charge in [-0.05, 0) is 30.4 Å². The molecule has 2 heterocycles. The SMILES string of the molecule is O=C(O)c1ccc2c(c1)Cc1c([nH]c(=S)[nH]c1=O)O2. The van der Waals surface area contributed by atoms with Gasteiger partial charge in [0, 0.05) is 12.0 Å². The number of fused-ring (bicyclic) bond motifs is 2. The molecule has 3 N–H and O–H groups in total. The lowest BCUT2D eigenvalue weighted by atomic mass is 10.0. The number of carboxylic acids is 1. The molecule has 1 aliphatic heterocycles. The van der Waals surface area contributed by atoms with Gasteiger partial charge in [0.15, 0.2) is 4.77 Å². The molecule has 0 saturated carbocycles. The first-order valence-corrected chi connectivity index (χ1v) is 5.85. The van der Waals surface area contributed by atoms with Crippen LogP contribution >= 0.6 is 12.2 Å². The third-order valence-corrected chi connectivity index (χ3v) is 3.09. The highest BCUT2D eigenvalue weighted by Gasteiger charge is 2.21. The Balaban J connectivity index is 2.14. The first-order chi connectivity index (χ1) is 9.04. The second kappa shape index (κ2) is 4.06. The molecule has 0 atom stereocenters. The largest absolute Gasteiger partial charge is 0.478 e. The average Bonchev–Trinajstić information content (AvgIpc) is 2.36. The molecule has 96 valence electrons. The van der Waals surface area contributed by atoms with Gasteiger partial charge < -0.3 is 14.8 Å². The van der Waals surface area contributed by atoms with E-state index in [0.29, 0.717) is 29.2 Å². The fourth-order valence-electron chi connectivity index (χ4n) is 1.99. The summed E-state index contributed by atoms with van der Waals surface area (Å²) < 4.78 is 5.73. The first kappa shape index (κ1) is 11.7. The molecule has 7 heteroatoms. The summed E-state index contributed by atoms with van der Waals surface area (Å²) in [6.45, 7) is 0. The van der Waals surface area contributed by atoms with E-state index >= 15 is 0 Å². The molecule has 2 aromatic rings. The lowest BCUT2D eigenvalue weighted by molar-refractivity contribution is 0.0696. The molecular weight excluding hydrogens is 268 g/mol. The van der Waals surface area contributed by atoms with Crippen molar-refractivity contribution in [1.82, 2.24) is 9.97 Å². The predicted octanol–water partition coefficient (Wildman–Crippen LogP) is 1.83. The van der Waals surface area contributed by atoms with Crippen LogP contribution in [0.5, 0.6) is 11.6 Å². The van der Waals surface area contributed by atoms with Crippen molar-refractivity contribution in [3.63, 3.8) is 0 Å². The summed E-state index contributed by atoms with van der Waals surface area (Å²) in [5, 5.41) is 8.94. The van der Waals surface area contributed by atoms with Gasteiger partial charge in [0.05, 0.1) is 11.1 Å². The van der Waals surface area contributed by atoms with E-state index < -0.39 is 5.97 Å². The summed E-state index contributed by atoms with van der Waals surface area (Å²) >= 11 is 4.87. The van der Waals surface area contributed by atoms with E-state index in [9.17, 15) is 9.59 Å². The van der Waals surface area contributed by atoms with E-state index in [2.05, 4.69) is 9.97 Å². The van der Waals surface area contributed by atoms with Crippen LogP contribution < -0.4 is 10.3 Å². The van der Waals surface area contributed by atoms with Crippen LogP contribution in [-0.2, 0) is 6.42 Å². The first-order valence-electron chi connectivity index (χ1n) is 5.44. The molecule has 0 saturated heterocycles. The summed E-state index contributed by atoms with van der Waals surface area (Å²) in [5.41, 5.74) is 0.892. The number of aromatic amines is 2. The highest BCUT2D eigenvalue weighted by molar-refractivity contribution is 7.71. The second-order valence-corrected chi connectivity index (χ2v) is 4.53. The van der Waals surface area contributed by atoms with E-state index in [1.54, 1.807) is 6.07 Å². The Bertz CT molecular complexity index is 806. The maximum absolute atomic E-state index is 11.8. The molecule has 0 spiro atoms. The van der Waals surface area contributed by atoms with Gasteiger partial charge in [-0.25, -0.2) is 4.79 Å². The number of carboxylic acid groups (broad SMARTS) is 1. The summed E-state index contributed by atoms with van der Waals surface area (Å²) in [6, 6.07) is 4.52. The number of hydrogen-bond acceptors (Lipinski definition) is 4. The highest BCUT2D eigenvalue weighted by atomic mass is 32.1. The van der Waals surface area contributed by atoms with E-state index in [4.69, 9.17) is 22.1 Å². The Morgan fingerprint density at radius 2 is 2.16 bits per heavy atom. The Morgan fingerprint density at radius 3 is 2.89 bits per heavy atom. The molecular formula is C12H8N2O4S. The van der Waals surface area contributed by atoms with Crippen molar-refractivity contribution in [2.45, 2.75) is 6.42 Å². The van der Waals surface area contributed by atoms with Crippen LogP contribution in [0.2, 0.25) is 0 Å². The third-order valence-electron chi connectivity index (χ3n) is 2.89. The number of aromatic nitrogens is 2. The van der Waals surface area contributed by atoms with E-state index in [1.807, 2.05) is 0 Å². The number of carbonyl (C=O) groups is 1. The van der Waals surface area contributed by atoms with Crippen LogP contribution in [0.1, 0.15) is 21.5 Å². The molecule has 1 aromatic carbocycles. The average molecular weight is 276 g/mol. The number of nitrogens with one attached hydrogen (secondary N) is 2. The smallest absolute Gasteiger partial charge is 0.335 e. The van der Waals surface area contributed by atoms with Crippen molar-refractivity contribution >= 4 is 18.2 Å². The van der Waals surface area contributed by atoms with Crippen LogP contribution in [0, 0.1) is 4.77 Å². The molecule has 0 unspecified atom stereocenters. The fourth-order valence-corrected chi connectivity index (χ4v) is 2.18. The van der Waals surface area contributed by atoms with Crippen LogP contribution in [0.3, 0.4) is 0 Å². The summed E-state index contributed by atoms with van der Waals surface area (Å²) in [6.07, 6.45) is 0.299.